The summed E-state index contributed by atoms with van der Waals surface area (Å²) in [6, 6.07) is 9.17. The Labute approximate surface area is 141 Å². The van der Waals surface area contributed by atoms with Crippen molar-refractivity contribution in [3.8, 4) is 0 Å². The summed E-state index contributed by atoms with van der Waals surface area (Å²) in [7, 11) is 0. The summed E-state index contributed by atoms with van der Waals surface area (Å²) in [5, 5.41) is 3.13. The zero-order valence-electron chi connectivity index (χ0n) is 13.4. The van der Waals surface area contributed by atoms with Gasteiger partial charge in [-0.1, -0.05) is 19.1 Å². The van der Waals surface area contributed by atoms with Crippen LogP contribution in [-0.2, 0) is 17.8 Å². The average molecular weight is 343 g/mol. The second kappa shape index (κ2) is 6.45. The van der Waals surface area contributed by atoms with Crippen LogP contribution in [-0.4, -0.2) is 15.5 Å². The summed E-state index contributed by atoms with van der Waals surface area (Å²) in [6.45, 7) is 3.59. The first-order chi connectivity index (χ1) is 11.5. The molecule has 0 saturated heterocycles. The molecule has 0 atom stereocenters. The lowest BCUT2D eigenvalue weighted by atomic mass is 10.1. The highest BCUT2D eigenvalue weighted by Crippen LogP contribution is 2.18. The van der Waals surface area contributed by atoms with Crippen molar-refractivity contribution in [2.75, 3.05) is 5.32 Å². The van der Waals surface area contributed by atoms with Gasteiger partial charge in [0.15, 0.2) is 0 Å². The number of anilines is 1. The minimum Gasteiger partial charge on any atom is -0.325 e. The van der Waals surface area contributed by atoms with E-state index in [0.717, 1.165) is 15.9 Å². The molecule has 0 fully saturated rings. The molecule has 2 N–H and O–H groups in total. The summed E-state index contributed by atoms with van der Waals surface area (Å²) in [4.78, 5) is 40.7. The highest BCUT2D eigenvalue weighted by molar-refractivity contribution is 7.18. The van der Waals surface area contributed by atoms with Gasteiger partial charge >= 0.3 is 5.69 Å². The van der Waals surface area contributed by atoms with Crippen LogP contribution < -0.4 is 16.6 Å². The number of thiophene rings is 1. The lowest BCUT2D eigenvalue weighted by Crippen LogP contribution is -2.38. The van der Waals surface area contributed by atoms with Gasteiger partial charge in [0.2, 0.25) is 5.91 Å². The van der Waals surface area contributed by atoms with Crippen LogP contribution in [0.5, 0.6) is 0 Å². The molecule has 0 aliphatic heterocycles. The summed E-state index contributed by atoms with van der Waals surface area (Å²) < 4.78 is 0.921. The van der Waals surface area contributed by atoms with Gasteiger partial charge < -0.3 is 5.32 Å². The lowest BCUT2D eigenvalue weighted by molar-refractivity contribution is -0.116. The number of hydrogen-bond donors (Lipinski definition) is 2. The Hall–Kier alpha value is -2.67. The number of fused-ring (bicyclic) bond motifs is 1. The van der Waals surface area contributed by atoms with E-state index in [-0.39, 0.29) is 6.54 Å². The van der Waals surface area contributed by atoms with E-state index < -0.39 is 17.2 Å². The zero-order chi connectivity index (χ0) is 17.3. The number of nitrogens with zero attached hydrogens (tertiary/aromatic N) is 1. The molecule has 2 aromatic heterocycles. The lowest BCUT2D eigenvalue weighted by Gasteiger charge is -2.07. The second-order valence-electron chi connectivity index (χ2n) is 5.52. The van der Waals surface area contributed by atoms with Crippen molar-refractivity contribution in [2.24, 2.45) is 0 Å². The largest absolute Gasteiger partial charge is 0.329 e. The van der Waals surface area contributed by atoms with Gasteiger partial charge in [0, 0.05) is 10.6 Å². The van der Waals surface area contributed by atoms with Gasteiger partial charge in [-0.15, -0.1) is 11.3 Å². The molecule has 0 spiro atoms. The number of H-pyrrole nitrogens is 1. The van der Waals surface area contributed by atoms with Crippen molar-refractivity contribution in [1.82, 2.24) is 9.55 Å². The smallest absolute Gasteiger partial charge is 0.325 e. The van der Waals surface area contributed by atoms with Crippen molar-refractivity contribution in [3.05, 3.63) is 61.6 Å². The van der Waals surface area contributed by atoms with Crippen LogP contribution in [0.15, 0.2) is 39.9 Å². The Bertz CT molecular complexity index is 1010. The van der Waals surface area contributed by atoms with E-state index >= 15 is 0 Å². The fourth-order valence-corrected chi connectivity index (χ4v) is 3.37. The van der Waals surface area contributed by atoms with Gasteiger partial charge in [-0.05, 0) is 37.1 Å². The molecule has 0 aliphatic rings. The predicted molar refractivity (Wildman–Crippen MR) is 95.9 cm³/mol. The van der Waals surface area contributed by atoms with E-state index in [9.17, 15) is 14.4 Å². The van der Waals surface area contributed by atoms with Crippen molar-refractivity contribution >= 4 is 33.1 Å². The van der Waals surface area contributed by atoms with Crippen LogP contribution in [0.3, 0.4) is 0 Å². The Morgan fingerprint density at radius 3 is 2.62 bits per heavy atom. The van der Waals surface area contributed by atoms with Crippen molar-refractivity contribution in [2.45, 2.75) is 26.8 Å². The minimum absolute atomic E-state index is 0.325. The Morgan fingerprint density at radius 1 is 1.25 bits per heavy atom. The topological polar surface area (TPSA) is 84.0 Å². The highest BCUT2D eigenvalue weighted by Gasteiger charge is 2.13. The third-order valence-electron chi connectivity index (χ3n) is 3.74. The first-order valence-corrected chi connectivity index (χ1v) is 8.41. The molecule has 2 heterocycles. The second-order valence-corrected chi connectivity index (χ2v) is 6.78. The number of aromatic nitrogens is 2. The molecule has 6 nitrogen and oxygen atoms in total. The molecular weight excluding hydrogens is 326 g/mol. The molecule has 3 aromatic rings. The molecule has 0 aliphatic carbocycles. The first-order valence-electron chi connectivity index (χ1n) is 7.60. The van der Waals surface area contributed by atoms with Gasteiger partial charge in [0.05, 0.1) is 5.39 Å². The van der Waals surface area contributed by atoms with E-state index in [4.69, 9.17) is 0 Å². The Balaban J connectivity index is 1.84. The van der Waals surface area contributed by atoms with Crippen LogP contribution in [0, 0.1) is 6.92 Å². The number of amides is 1. The molecule has 7 heteroatoms. The number of carbonyl (C=O) groups is 1. The number of hydrogen-bond acceptors (Lipinski definition) is 4. The molecule has 0 radical (unpaired) electrons. The molecule has 0 bridgehead atoms. The maximum absolute atomic E-state index is 12.4. The van der Waals surface area contributed by atoms with Gasteiger partial charge in [0.1, 0.15) is 11.4 Å². The minimum atomic E-state index is -0.578. The molecular formula is C17H17N3O3S. The van der Waals surface area contributed by atoms with E-state index in [1.165, 1.54) is 16.9 Å². The molecule has 3 rings (SSSR count). The van der Waals surface area contributed by atoms with E-state index in [0.29, 0.717) is 15.9 Å². The highest BCUT2D eigenvalue weighted by atomic mass is 32.1. The van der Waals surface area contributed by atoms with Gasteiger partial charge in [-0.2, -0.15) is 0 Å². The molecule has 24 heavy (non-hydrogen) atoms. The maximum atomic E-state index is 12.4. The number of aromatic amines is 1. The summed E-state index contributed by atoms with van der Waals surface area (Å²) in [5.41, 5.74) is 0.772. The number of nitrogens with one attached hydrogen (secondary N) is 2. The van der Waals surface area contributed by atoms with Gasteiger partial charge in [-0.25, -0.2) is 4.79 Å². The maximum Gasteiger partial charge on any atom is 0.329 e. The first kappa shape index (κ1) is 16.2. The number of carbonyl (C=O) groups excluding carboxylic acids is 1. The van der Waals surface area contributed by atoms with Crippen LogP contribution in [0.25, 0.3) is 10.2 Å². The summed E-state index contributed by atoms with van der Waals surface area (Å²) in [6.07, 6.45) is 0.916. The third kappa shape index (κ3) is 3.16. The fourth-order valence-electron chi connectivity index (χ4n) is 2.48. The quantitative estimate of drug-likeness (QED) is 0.762. The normalized spacial score (nSPS) is 10.9. The molecule has 124 valence electrons. The van der Waals surface area contributed by atoms with Crippen molar-refractivity contribution in [3.63, 3.8) is 0 Å². The number of aryl methyl sites for hydroxylation is 2. The number of benzene rings is 1. The average Bonchev–Trinajstić information content (AvgIpc) is 2.92. The fraction of sp³-hybridized carbons (Fsp3) is 0.235. The van der Waals surface area contributed by atoms with E-state index in [2.05, 4.69) is 17.2 Å². The van der Waals surface area contributed by atoms with Crippen molar-refractivity contribution in [1.29, 1.82) is 0 Å². The van der Waals surface area contributed by atoms with Crippen LogP contribution in [0.4, 0.5) is 5.69 Å². The van der Waals surface area contributed by atoms with E-state index in [1.54, 1.807) is 18.2 Å². The zero-order valence-corrected chi connectivity index (χ0v) is 14.2. The SMILES string of the molecule is CCc1ccc(NC(=O)Cn2c(=O)[nH]c3sc(C)cc3c2=O)cc1. The van der Waals surface area contributed by atoms with Crippen LogP contribution in [0.1, 0.15) is 17.4 Å². The molecule has 0 unspecified atom stereocenters. The summed E-state index contributed by atoms with van der Waals surface area (Å²) in [5.74, 6) is -0.418. The molecule has 1 amide bonds. The predicted octanol–water partition coefficient (Wildman–Crippen LogP) is 2.26. The summed E-state index contributed by atoms with van der Waals surface area (Å²) >= 11 is 1.34. The Morgan fingerprint density at radius 2 is 1.96 bits per heavy atom. The van der Waals surface area contributed by atoms with Crippen molar-refractivity contribution < 1.29 is 4.79 Å². The number of rotatable bonds is 4. The van der Waals surface area contributed by atoms with Crippen LogP contribution >= 0.6 is 11.3 Å². The van der Waals surface area contributed by atoms with Gasteiger partial charge in [0.25, 0.3) is 5.56 Å². The monoisotopic (exact) mass is 343 g/mol. The molecule has 1 aromatic carbocycles. The van der Waals surface area contributed by atoms with Gasteiger partial charge in [-0.3, -0.25) is 19.1 Å². The standard InChI is InChI=1S/C17H17N3O3S/c1-3-11-4-6-12(7-5-11)18-14(21)9-20-16(22)13-8-10(2)24-15(13)19-17(20)23/h4-8H,3,9H2,1-2H3,(H,18,21)(H,19,23). The van der Waals surface area contributed by atoms with E-state index in [1.807, 2.05) is 19.1 Å². The van der Waals surface area contributed by atoms with Crippen LogP contribution in [0.2, 0.25) is 0 Å². The Kier molecular flexibility index (Phi) is 4.35. The molecule has 0 saturated carbocycles. The third-order valence-corrected chi connectivity index (χ3v) is 4.71.